The van der Waals surface area contributed by atoms with Gasteiger partial charge in [0.1, 0.15) is 0 Å². The Kier molecular flexibility index (Phi) is 6.45. The van der Waals surface area contributed by atoms with Crippen molar-refractivity contribution in [3.05, 3.63) is 35.9 Å². The lowest BCUT2D eigenvalue weighted by Crippen LogP contribution is -2.49. The van der Waals surface area contributed by atoms with Crippen LogP contribution in [0.25, 0.3) is 0 Å². The molecule has 1 amide bonds. The van der Waals surface area contributed by atoms with Gasteiger partial charge in [-0.05, 0) is 19.0 Å². The molecule has 1 aromatic carbocycles. The lowest BCUT2D eigenvalue weighted by molar-refractivity contribution is -0.145. The van der Waals surface area contributed by atoms with Crippen molar-refractivity contribution in [3.8, 4) is 0 Å². The van der Waals surface area contributed by atoms with Crippen molar-refractivity contribution >= 4 is 5.91 Å². The molecule has 0 spiro atoms. The van der Waals surface area contributed by atoms with Crippen molar-refractivity contribution in [1.29, 1.82) is 0 Å². The molecule has 5 heteroatoms. The van der Waals surface area contributed by atoms with E-state index >= 15 is 0 Å². The summed E-state index contributed by atoms with van der Waals surface area (Å²) in [5, 5.41) is 0. The van der Waals surface area contributed by atoms with Crippen molar-refractivity contribution < 1.29 is 9.53 Å². The van der Waals surface area contributed by atoms with Crippen LogP contribution in [0.2, 0.25) is 0 Å². The van der Waals surface area contributed by atoms with E-state index in [2.05, 4.69) is 28.9 Å². The first kappa shape index (κ1) is 18.4. The van der Waals surface area contributed by atoms with Crippen LogP contribution < -0.4 is 0 Å². The summed E-state index contributed by atoms with van der Waals surface area (Å²) in [4.78, 5) is 19.8. The van der Waals surface area contributed by atoms with Gasteiger partial charge in [-0.3, -0.25) is 4.79 Å². The average molecular weight is 345 g/mol. The highest BCUT2D eigenvalue weighted by atomic mass is 16.5. The van der Waals surface area contributed by atoms with Crippen LogP contribution in [-0.2, 0) is 9.53 Å². The second-order valence-electron chi connectivity index (χ2n) is 7.14. The van der Waals surface area contributed by atoms with Crippen LogP contribution in [0.5, 0.6) is 0 Å². The number of benzene rings is 1. The van der Waals surface area contributed by atoms with Crippen LogP contribution in [0, 0.1) is 0 Å². The molecule has 2 aliphatic rings. The number of carbonyl (C=O) groups excluding carboxylic acids is 1. The molecule has 2 heterocycles. The van der Waals surface area contributed by atoms with Crippen LogP contribution >= 0.6 is 0 Å². The van der Waals surface area contributed by atoms with Crippen LogP contribution in [0.3, 0.4) is 0 Å². The standard InChI is InChI=1S/C20H31N3O2/c1-3-21-11-13-22(14-12-21)10-9-20(24)23-15-17(2)25-16-19(23)18-7-5-4-6-8-18/h4-8,17,19H,3,9-16H2,1-2H3. The number of hydrogen-bond donors (Lipinski definition) is 0. The van der Waals surface area contributed by atoms with Gasteiger partial charge in [0.25, 0.3) is 0 Å². The highest BCUT2D eigenvalue weighted by Gasteiger charge is 2.31. The molecule has 5 nitrogen and oxygen atoms in total. The lowest BCUT2D eigenvalue weighted by Gasteiger charge is -2.40. The summed E-state index contributed by atoms with van der Waals surface area (Å²) in [6, 6.07) is 10.3. The SMILES string of the molecule is CCN1CCN(CCC(=O)N2CC(C)OCC2c2ccccc2)CC1. The molecule has 0 aliphatic carbocycles. The van der Waals surface area contributed by atoms with E-state index in [-0.39, 0.29) is 18.1 Å². The predicted octanol–water partition coefficient (Wildman–Crippen LogP) is 2.00. The van der Waals surface area contributed by atoms with E-state index in [1.165, 1.54) is 5.56 Å². The fraction of sp³-hybridized carbons (Fsp3) is 0.650. The third-order valence-corrected chi connectivity index (χ3v) is 5.43. The Labute approximate surface area is 151 Å². The number of likely N-dealkylation sites (N-methyl/N-ethyl adjacent to an activating group) is 1. The molecule has 0 aromatic heterocycles. The maximum Gasteiger partial charge on any atom is 0.224 e. The first-order chi connectivity index (χ1) is 12.2. The highest BCUT2D eigenvalue weighted by Crippen LogP contribution is 2.26. The zero-order chi connectivity index (χ0) is 17.6. The van der Waals surface area contributed by atoms with Crippen molar-refractivity contribution in [3.63, 3.8) is 0 Å². The molecular weight excluding hydrogens is 314 g/mol. The van der Waals surface area contributed by atoms with Gasteiger partial charge in [0.05, 0.1) is 18.8 Å². The van der Waals surface area contributed by atoms with E-state index in [9.17, 15) is 4.79 Å². The molecule has 2 aliphatic heterocycles. The van der Waals surface area contributed by atoms with E-state index in [0.717, 1.165) is 39.3 Å². The summed E-state index contributed by atoms with van der Waals surface area (Å²) in [5.41, 5.74) is 1.17. The predicted molar refractivity (Wildman–Crippen MR) is 99.5 cm³/mol. The van der Waals surface area contributed by atoms with Crippen molar-refractivity contribution in [2.24, 2.45) is 0 Å². The smallest absolute Gasteiger partial charge is 0.224 e. The van der Waals surface area contributed by atoms with Gasteiger partial charge in [0, 0.05) is 45.7 Å². The number of nitrogens with zero attached hydrogens (tertiary/aromatic N) is 3. The molecule has 3 rings (SSSR count). The number of ether oxygens (including phenoxy) is 1. The summed E-state index contributed by atoms with van der Waals surface area (Å²) in [7, 11) is 0. The Bertz CT molecular complexity index is 543. The van der Waals surface area contributed by atoms with Gasteiger partial charge >= 0.3 is 0 Å². The van der Waals surface area contributed by atoms with Gasteiger partial charge in [-0.25, -0.2) is 0 Å². The molecule has 0 saturated carbocycles. The Morgan fingerprint density at radius 1 is 1.12 bits per heavy atom. The quantitative estimate of drug-likeness (QED) is 0.818. The number of morpholine rings is 1. The molecule has 0 bridgehead atoms. The molecule has 2 saturated heterocycles. The fourth-order valence-corrected chi connectivity index (χ4v) is 3.76. The minimum absolute atomic E-state index is 0.0434. The lowest BCUT2D eigenvalue weighted by atomic mass is 10.0. The van der Waals surface area contributed by atoms with E-state index < -0.39 is 0 Å². The topological polar surface area (TPSA) is 36.0 Å². The second kappa shape index (κ2) is 8.79. The minimum Gasteiger partial charge on any atom is -0.374 e. The maximum absolute atomic E-state index is 12.9. The van der Waals surface area contributed by atoms with Gasteiger partial charge in [-0.15, -0.1) is 0 Å². The Hall–Kier alpha value is -1.43. The van der Waals surface area contributed by atoms with Crippen molar-refractivity contribution in [1.82, 2.24) is 14.7 Å². The number of amides is 1. The van der Waals surface area contributed by atoms with Gasteiger partial charge in [0.15, 0.2) is 0 Å². The molecular formula is C20H31N3O2. The molecule has 138 valence electrons. The molecule has 1 aromatic rings. The van der Waals surface area contributed by atoms with E-state index in [1.807, 2.05) is 30.0 Å². The third kappa shape index (κ3) is 4.81. The zero-order valence-electron chi connectivity index (χ0n) is 15.6. The third-order valence-electron chi connectivity index (χ3n) is 5.43. The molecule has 2 unspecified atom stereocenters. The van der Waals surface area contributed by atoms with Crippen molar-refractivity contribution in [2.45, 2.75) is 32.4 Å². The maximum atomic E-state index is 12.9. The van der Waals surface area contributed by atoms with Crippen LogP contribution in [0.4, 0.5) is 0 Å². The van der Waals surface area contributed by atoms with Crippen LogP contribution in [0.1, 0.15) is 31.9 Å². The normalized spacial score (nSPS) is 25.9. The monoisotopic (exact) mass is 345 g/mol. The summed E-state index contributed by atoms with van der Waals surface area (Å²) in [6.07, 6.45) is 0.708. The minimum atomic E-state index is 0.0434. The number of rotatable bonds is 5. The summed E-state index contributed by atoms with van der Waals surface area (Å²) in [5.74, 6) is 0.252. The van der Waals surface area contributed by atoms with Crippen molar-refractivity contribution in [2.75, 3.05) is 52.4 Å². The summed E-state index contributed by atoms with van der Waals surface area (Å²) in [6.45, 7) is 11.9. The molecule has 2 fully saturated rings. The molecule has 0 radical (unpaired) electrons. The van der Waals surface area contributed by atoms with Gasteiger partial charge in [-0.1, -0.05) is 37.3 Å². The van der Waals surface area contributed by atoms with E-state index in [1.54, 1.807) is 0 Å². The average Bonchev–Trinajstić information content (AvgIpc) is 2.67. The Balaban J connectivity index is 1.57. The summed E-state index contributed by atoms with van der Waals surface area (Å²) >= 11 is 0. The van der Waals surface area contributed by atoms with Gasteiger partial charge in [0.2, 0.25) is 5.91 Å². The first-order valence-electron chi connectivity index (χ1n) is 9.58. The Morgan fingerprint density at radius 3 is 2.48 bits per heavy atom. The van der Waals surface area contributed by atoms with Crippen LogP contribution in [-0.4, -0.2) is 79.1 Å². The van der Waals surface area contributed by atoms with E-state index in [0.29, 0.717) is 19.6 Å². The van der Waals surface area contributed by atoms with Gasteiger partial charge in [-0.2, -0.15) is 0 Å². The first-order valence-corrected chi connectivity index (χ1v) is 9.58. The van der Waals surface area contributed by atoms with Crippen LogP contribution in [0.15, 0.2) is 30.3 Å². The second-order valence-corrected chi connectivity index (χ2v) is 7.14. The largest absolute Gasteiger partial charge is 0.374 e. The summed E-state index contributed by atoms with van der Waals surface area (Å²) < 4.78 is 5.83. The Morgan fingerprint density at radius 2 is 1.80 bits per heavy atom. The molecule has 0 N–H and O–H groups in total. The number of hydrogen-bond acceptors (Lipinski definition) is 4. The van der Waals surface area contributed by atoms with E-state index in [4.69, 9.17) is 4.74 Å². The highest BCUT2D eigenvalue weighted by molar-refractivity contribution is 5.77. The van der Waals surface area contributed by atoms with Gasteiger partial charge < -0.3 is 19.4 Å². The molecule has 2 atom stereocenters. The number of piperazine rings is 1. The number of carbonyl (C=O) groups is 1. The zero-order valence-corrected chi connectivity index (χ0v) is 15.6. The fourth-order valence-electron chi connectivity index (χ4n) is 3.76. The molecule has 25 heavy (non-hydrogen) atoms.